The fourth-order valence-corrected chi connectivity index (χ4v) is 4.63. The third-order valence-corrected chi connectivity index (χ3v) is 7.18. The van der Waals surface area contributed by atoms with Crippen LogP contribution in [-0.4, -0.2) is 51.6 Å². The van der Waals surface area contributed by atoms with Crippen molar-refractivity contribution in [3.63, 3.8) is 0 Å². The van der Waals surface area contributed by atoms with Crippen LogP contribution in [0.2, 0.25) is 0 Å². The van der Waals surface area contributed by atoms with Gasteiger partial charge in [0.05, 0.1) is 5.69 Å². The lowest BCUT2D eigenvalue weighted by Crippen LogP contribution is -2.46. The molecular formula is C21H29N3O3S2. The largest absolute Gasteiger partial charge is 0.354 e. The van der Waals surface area contributed by atoms with Crippen LogP contribution in [0, 0.1) is 13.8 Å². The lowest BCUT2D eigenvalue weighted by atomic mass is 10.1. The predicted molar refractivity (Wildman–Crippen MR) is 121 cm³/mol. The maximum absolute atomic E-state index is 12.8. The smallest absolute Gasteiger partial charge is 0.304 e. The van der Waals surface area contributed by atoms with E-state index >= 15 is 0 Å². The van der Waals surface area contributed by atoms with Crippen LogP contribution in [0.3, 0.4) is 0 Å². The number of amides is 1. The molecule has 0 saturated carbocycles. The topological polar surface area (TPSA) is 69.7 Å². The molecule has 8 heteroatoms. The summed E-state index contributed by atoms with van der Waals surface area (Å²) in [6.07, 6.45) is 0. The first-order valence-corrected chi connectivity index (χ1v) is 11.9. The number of carbonyl (C=O) groups is 1. The lowest BCUT2D eigenvalue weighted by molar-refractivity contribution is -0.119. The molecule has 0 aromatic heterocycles. The molecule has 0 aliphatic carbocycles. The van der Waals surface area contributed by atoms with Crippen LogP contribution in [0.4, 0.5) is 5.69 Å². The Balaban J connectivity index is 1.98. The van der Waals surface area contributed by atoms with Crippen molar-refractivity contribution in [3.8, 4) is 0 Å². The highest BCUT2D eigenvalue weighted by molar-refractivity contribution is 7.98. The van der Waals surface area contributed by atoms with E-state index in [1.807, 2.05) is 44.2 Å². The Bertz CT molecular complexity index is 916. The molecule has 0 atom stereocenters. The van der Waals surface area contributed by atoms with Gasteiger partial charge in [0, 0.05) is 32.1 Å². The number of aryl methyl sites for hydroxylation is 2. The van der Waals surface area contributed by atoms with Crippen molar-refractivity contribution in [3.05, 3.63) is 65.2 Å². The summed E-state index contributed by atoms with van der Waals surface area (Å²) >= 11 is 1.72. The van der Waals surface area contributed by atoms with Gasteiger partial charge in [0.1, 0.15) is 6.54 Å². The summed E-state index contributed by atoms with van der Waals surface area (Å²) in [6.45, 7) is 3.96. The van der Waals surface area contributed by atoms with E-state index in [0.29, 0.717) is 12.2 Å². The molecule has 0 aliphatic rings. The van der Waals surface area contributed by atoms with Crippen molar-refractivity contribution in [2.24, 2.45) is 0 Å². The van der Waals surface area contributed by atoms with Gasteiger partial charge >= 0.3 is 10.2 Å². The molecule has 0 aliphatic heterocycles. The third-order valence-electron chi connectivity index (χ3n) is 4.34. The molecule has 0 unspecified atom stereocenters. The Kier molecular flexibility index (Phi) is 8.55. The van der Waals surface area contributed by atoms with Crippen LogP contribution in [0.5, 0.6) is 0 Å². The van der Waals surface area contributed by atoms with Gasteiger partial charge < -0.3 is 5.32 Å². The molecule has 2 aromatic rings. The summed E-state index contributed by atoms with van der Waals surface area (Å²) in [7, 11) is -0.869. The van der Waals surface area contributed by atoms with Gasteiger partial charge in [0.2, 0.25) is 5.91 Å². The van der Waals surface area contributed by atoms with Gasteiger partial charge in [-0.15, -0.1) is 0 Å². The predicted octanol–water partition coefficient (Wildman–Crippen LogP) is 2.97. The van der Waals surface area contributed by atoms with Crippen LogP contribution < -0.4 is 9.62 Å². The molecule has 158 valence electrons. The van der Waals surface area contributed by atoms with E-state index in [1.165, 1.54) is 24.0 Å². The fourth-order valence-electron chi connectivity index (χ4n) is 2.69. The van der Waals surface area contributed by atoms with E-state index in [4.69, 9.17) is 0 Å². The molecular weight excluding hydrogens is 406 g/mol. The van der Waals surface area contributed by atoms with E-state index in [1.54, 1.807) is 17.8 Å². The first kappa shape index (κ1) is 23.3. The van der Waals surface area contributed by atoms with Crippen LogP contribution in [0.1, 0.15) is 16.7 Å². The minimum atomic E-state index is -3.80. The van der Waals surface area contributed by atoms with Gasteiger partial charge in [-0.2, -0.15) is 24.5 Å². The van der Waals surface area contributed by atoms with E-state index in [0.717, 1.165) is 26.9 Å². The third kappa shape index (κ3) is 6.76. The van der Waals surface area contributed by atoms with E-state index in [-0.39, 0.29) is 12.5 Å². The molecule has 2 aromatic carbocycles. The number of thioether (sulfide) groups is 1. The van der Waals surface area contributed by atoms with Crippen molar-refractivity contribution < 1.29 is 13.2 Å². The summed E-state index contributed by atoms with van der Waals surface area (Å²) < 4.78 is 28.0. The van der Waals surface area contributed by atoms with Crippen LogP contribution >= 0.6 is 11.8 Å². The van der Waals surface area contributed by atoms with E-state index in [2.05, 4.69) is 17.4 Å². The van der Waals surface area contributed by atoms with Gasteiger partial charge in [-0.3, -0.25) is 4.79 Å². The van der Waals surface area contributed by atoms with Gasteiger partial charge in [-0.05, 0) is 36.6 Å². The van der Waals surface area contributed by atoms with E-state index < -0.39 is 10.2 Å². The summed E-state index contributed by atoms with van der Waals surface area (Å²) in [5, 5.41) is 2.83. The molecule has 1 N–H and O–H groups in total. The van der Waals surface area contributed by atoms with Crippen LogP contribution in [0.25, 0.3) is 0 Å². The second-order valence-electron chi connectivity index (χ2n) is 6.97. The van der Waals surface area contributed by atoms with Crippen molar-refractivity contribution in [1.82, 2.24) is 9.62 Å². The number of nitrogens with one attached hydrogen (secondary N) is 1. The SMILES string of the molecule is Cc1ccc(C)c(N(CC(=O)NCCSCc2ccccc2)S(=O)(=O)N(C)C)c1. The Hall–Kier alpha value is -2.03. The molecule has 0 bridgehead atoms. The summed E-state index contributed by atoms with van der Waals surface area (Å²) in [6, 6.07) is 15.7. The number of benzene rings is 2. The minimum Gasteiger partial charge on any atom is -0.354 e. The monoisotopic (exact) mass is 435 g/mol. The first-order valence-electron chi connectivity index (χ1n) is 9.37. The summed E-state index contributed by atoms with van der Waals surface area (Å²) in [5.74, 6) is 1.31. The second kappa shape index (κ2) is 10.7. The van der Waals surface area contributed by atoms with Gasteiger partial charge in [-0.1, -0.05) is 42.5 Å². The van der Waals surface area contributed by atoms with Crippen molar-refractivity contribution in [2.75, 3.05) is 37.2 Å². The average molecular weight is 436 g/mol. The Morgan fingerprint density at radius 1 is 1.07 bits per heavy atom. The number of hydrogen-bond donors (Lipinski definition) is 1. The number of nitrogens with zero attached hydrogens (tertiary/aromatic N) is 2. The number of hydrogen-bond acceptors (Lipinski definition) is 4. The Morgan fingerprint density at radius 2 is 1.76 bits per heavy atom. The number of carbonyl (C=O) groups excluding carboxylic acids is 1. The average Bonchev–Trinajstić information content (AvgIpc) is 2.68. The van der Waals surface area contributed by atoms with Gasteiger partial charge in [0.25, 0.3) is 0 Å². The fraction of sp³-hybridized carbons (Fsp3) is 0.381. The quantitative estimate of drug-likeness (QED) is 0.583. The summed E-state index contributed by atoms with van der Waals surface area (Å²) in [5.41, 5.74) is 3.49. The zero-order chi connectivity index (χ0) is 21.4. The van der Waals surface area contributed by atoms with Crippen molar-refractivity contribution >= 4 is 33.6 Å². The van der Waals surface area contributed by atoms with Crippen molar-refractivity contribution in [1.29, 1.82) is 0 Å². The van der Waals surface area contributed by atoms with Crippen LogP contribution in [-0.2, 0) is 20.8 Å². The van der Waals surface area contributed by atoms with Gasteiger partial charge in [-0.25, -0.2) is 4.31 Å². The molecule has 29 heavy (non-hydrogen) atoms. The van der Waals surface area contributed by atoms with Crippen molar-refractivity contribution in [2.45, 2.75) is 19.6 Å². The highest BCUT2D eigenvalue weighted by Gasteiger charge is 2.28. The number of rotatable bonds is 10. The standard InChI is InChI=1S/C21H29N3O3S2/c1-17-10-11-18(2)20(14-17)24(29(26,27)23(3)4)15-21(25)22-12-13-28-16-19-8-6-5-7-9-19/h5-11,14H,12-13,15-16H2,1-4H3,(H,22,25). The highest BCUT2D eigenvalue weighted by Crippen LogP contribution is 2.25. The molecule has 2 rings (SSSR count). The summed E-state index contributed by atoms with van der Waals surface area (Å²) in [4.78, 5) is 12.5. The Labute approximate surface area is 178 Å². The molecule has 1 amide bonds. The van der Waals surface area contributed by atoms with Crippen LogP contribution in [0.15, 0.2) is 48.5 Å². The normalized spacial score (nSPS) is 11.5. The molecule has 0 saturated heterocycles. The molecule has 6 nitrogen and oxygen atoms in total. The maximum Gasteiger partial charge on any atom is 0.304 e. The maximum atomic E-state index is 12.8. The molecule has 0 fully saturated rings. The lowest BCUT2D eigenvalue weighted by Gasteiger charge is -2.28. The zero-order valence-electron chi connectivity index (χ0n) is 17.4. The zero-order valence-corrected chi connectivity index (χ0v) is 19.0. The first-order chi connectivity index (χ1) is 13.7. The highest BCUT2D eigenvalue weighted by atomic mass is 32.2. The Morgan fingerprint density at radius 3 is 2.41 bits per heavy atom. The van der Waals surface area contributed by atoms with E-state index in [9.17, 15) is 13.2 Å². The number of anilines is 1. The molecule has 0 spiro atoms. The molecule has 0 radical (unpaired) electrons. The van der Waals surface area contributed by atoms with Gasteiger partial charge in [0.15, 0.2) is 0 Å². The second-order valence-corrected chi connectivity index (χ2v) is 10.1. The minimum absolute atomic E-state index is 0.256. The molecule has 0 heterocycles.